The average molecular weight is 525 g/mol. The molecule has 0 aliphatic heterocycles. The van der Waals surface area contributed by atoms with E-state index in [0.29, 0.717) is 19.3 Å². The Labute approximate surface area is 227 Å². The maximum Gasteiger partial charge on any atom is 0.309 e. The van der Waals surface area contributed by atoms with Crippen LogP contribution >= 0.6 is 0 Å². The highest BCUT2D eigenvalue weighted by molar-refractivity contribution is 5.86. The number of rotatable bonds is 15. The van der Waals surface area contributed by atoms with Gasteiger partial charge in [-0.1, -0.05) is 68.2 Å². The lowest BCUT2D eigenvalue weighted by molar-refractivity contribution is -0.151. The van der Waals surface area contributed by atoms with Crippen molar-refractivity contribution in [1.29, 1.82) is 0 Å². The van der Waals surface area contributed by atoms with Crippen molar-refractivity contribution in [3.8, 4) is 0 Å². The number of nitrogens with one attached hydrogen (secondary N) is 2. The van der Waals surface area contributed by atoms with Crippen LogP contribution in [0.5, 0.6) is 0 Å². The molecule has 0 spiro atoms. The Morgan fingerprint density at radius 1 is 0.895 bits per heavy atom. The molecule has 2 aliphatic rings. The zero-order valence-corrected chi connectivity index (χ0v) is 22.6. The minimum Gasteiger partial charge on any atom is -0.463 e. The monoisotopic (exact) mass is 524 g/mol. The number of aliphatic hydroxyl groups excluding tert-OH is 1. The number of carbonyl (C=O) groups is 3. The van der Waals surface area contributed by atoms with E-state index in [9.17, 15) is 19.5 Å². The molecule has 38 heavy (non-hydrogen) atoms. The fourth-order valence-corrected chi connectivity index (χ4v) is 5.84. The molecule has 1 aromatic carbocycles. The summed E-state index contributed by atoms with van der Waals surface area (Å²) >= 11 is 0. The van der Waals surface area contributed by atoms with Crippen LogP contribution in [0, 0.1) is 11.8 Å². The highest BCUT2D eigenvalue weighted by Crippen LogP contribution is 2.32. The van der Waals surface area contributed by atoms with Crippen molar-refractivity contribution in [2.75, 3.05) is 13.2 Å². The van der Waals surface area contributed by atoms with Gasteiger partial charge in [0.25, 0.3) is 0 Å². The molecule has 3 rings (SSSR count). The SMILES string of the molecule is C=CC[C@@H](CC(=O)NC1(CO)CCCC1)C(=O)NC1(COC(=O)[C@H](CC=C)Cc2ccccc2)CCCC1. The van der Waals surface area contributed by atoms with E-state index in [1.54, 1.807) is 12.2 Å². The number of hydrogen-bond acceptors (Lipinski definition) is 5. The van der Waals surface area contributed by atoms with E-state index >= 15 is 0 Å². The molecule has 0 saturated heterocycles. The summed E-state index contributed by atoms with van der Waals surface area (Å²) < 4.78 is 5.83. The first-order valence-corrected chi connectivity index (χ1v) is 14.0. The molecule has 0 aromatic heterocycles. The summed E-state index contributed by atoms with van der Waals surface area (Å²) in [6.45, 7) is 7.59. The summed E-state index contributed by atoms with van der Waals surface area (Å²) in [6.07, 6.45) is 11.6. The maximum absolute atomic E-state index is 13.4. The van der Waals surface area contributed by atoms with Gasteiger partial charge in [-0.3, -0.25) is 14.4 Å². The van der Waals surface area contributed by atoms with Crippen LogP contribution in [0.25, 0.3) is 0 Å². The third-order valence-electron chi connectivity index (χ3n) is 8.07. The Bertz CT molecular complexity index is 948. The lowest BCUT2D eigenvalue weighted by Gasteiger charge is -2.33. The molecule has 3 N–H and O–H groups in total. The van der Waals surface area contributed by atoms with Gasteiger partial charge in [0, 0.05) is 6.42 Å². The van der Waals surface area contributed by atoms with Crippen LogP contribution in [0.15, 0.2) is 55.6 Å². The molecule has 0 bridgehead atoms. The van der Waals surface area contributed by atoms with Gasteiger partial charge in [0.2, 0.25) is 11.8 Å². The topological polar surface area (TPSA) is 105 Å². The molecule has 2 amide bonds. The second-order valence-electron chi connectivity index (χ2n) is 11.1. The van der Waals surface area contributed by atoms with E-state index in [4.69, 9.17) is 4.74 Å². The van der Waals surface area contributed by atoms with E-state index in [1.165, 1.54) is 0 Å². The summed E-state index contributed by atoms with van der Waals surface area (Å²) in [5.74, 6) is -1.67. The van der Waals surface area contributed by atoms with Crippen LogP contribution < -0.4 is 10.6 Å². The summed E-state index contributed by atoms with van der Waals surface area (Å²) in [5, 5.41) is 16.0. The van der Waals surface area contributed by atoms with Crippen LogP contribution in [0.1, 0.15) is 76.2 Å². The van der Waals surface area contributed by atoms with Gasteiger partial charge in [0.1, 0.15) is 6.61 Å². The standard InChI is InChI=1S/C31H44N2O5/c1-3-12-25(21-27(35)32-30(22-34)16-8-9-17-30)28(36)33-31(18-10-11-19-31)23-38-29(37)26(13-4-2)20-24-14-6-5-7-15-24/h3-7,14-15,25-26,34H,1-2,8-13,16-23H2,(H,32,35)(H,33,36)/t25-,26+/m0/s1. The number of aliphatic hydroxyl groups is 1. The number of benzene rings is 1. The average Bonchev–Trinajstić information content (AvgIpc) is 3.58. The van der Waals surface area contributed by atoms with Crippen molar-refractivity contribution in [3.05, 3.63) is 61.2 Å². The molecule has 2 fully saturated rings. The summed E-state index contributed by atoms with van der Waals surface area (Å²) in [4.78, 5) is 39.3. The maximum atomic E-state index is 13.4. The highest BCUT2D eigenvalue weighted by atomic mass is 16.5. The van der Waals surface area contributed by atoms with Crippen molar-refractivity contribution in [3.63, 3.8) is 0 Å². The predicted octanol–water partition coefficient (Wildman–Crippen LogP) is 4.40. The van der Waals surface area contributed by atoms with Gasteiger partial charge in [-0.2, -0.15) is 0 Å². The lowest BCUT2D eigenvalue weighted by Crippen LogP contribution is -2.53. The fourth-order valence-electron chi connectivity index (χ4n) is 5.84. The molecule has 7 heteroatoms. The molecule has 0 radical (unpaired) electrons. The van der Waals surface area contributed by atoms with Crippen molar-refractivity contribution in [1.82, 2.24) is 10.6 Å². The van der Waals surface area contributed by atoms with Crippen LogP contribution in [0.3, 0.4) is 0 Å². The Hall–Kier alpha value is -2.93. The molecular formula is C31H44N2O5. The summed E-state index contributed by atoms with van der Waals surface area (Å²) in [6, 6.07) is 9.83. The number of ether oxygens (including phenoxy) is 1. The van der Waals surface area contributed by atoms with Crippen molar-refractivity contribution >= 4 is 17.8 Å². The molecular weight excluding hydrogens is 480 g/mol. The molecule has 0 heterocycles. The van der Waals surface area contributed by atoms with Gasteiger partial charge in [0.15, 0.2) is 0 Å². The lowest BCUT2D eigenvalue weighted by atomic mass is 9.93. The van der Waals surface area contributed by atoms with Crippen LogP contribution in [-0.2, 0) is 25.5 Å². The van der Waals surface area contributed by atoms with Gasteiger partial charge in [0.05, 0.1) is 29.5 Å². The Morgan fingerprint density at radius 2 is 1.47 bits per heavy atom. The zero-order valence-electron chi connectivity index (χ0n) is 22.6. The van der Waals surface area contributed by atoms with E-state index in [1.807, 2.05) is 30.3 Å². The number of amides is 2. The van der Waals surface area contributed by atoms with Gasteiger partial charge in [-0.05, 0) is 50.5 Å². The molecule has 0 unspecified atom stereocenters. The third-order valence-corrected chi connectivity index (χ3v) is 8.07. The smallest absolute Gasteiger partial charge is 0.309 e. The number of allylic oxidation sites excluding steroid dienone is 2. The van der Waals surface area contributed by atoms with Gasteiger partial charge in [-0.25, -0.2) is 0 Å². The van der Waals surface area contributed by atoms with E-state index in [0.717, 1.165) is 56.9 Å². The summed E-state index contributed by atoms with van der Waals surface area (Å²) in [7, 11) is 0. The van der Waals surface area contributed by atoms with Crippen molar-refractivity contribution < 1.29 is 24.2 Å². The Kier molecular flexibility index (Phi) is 11.1. The normalized spacial score (nSPS) is 19.2. The molecule has 1 aromatic rings. The number of esters is 1. The fraction of sp³-hybridized carbons (Fsp3) is 0.581. The van der Waals surface area contributed by atoms with E-state index in [2.05, 4.69) is 23.8 Å². The first-order valence-electron chi connectivity index (χ1n) is 14.0. The third kappa shape index (κ3) is 8.29. The minimum atomic E-state index is -0.633. The first-order chi connectivity index (χ1) is 18.3. The second-order valence-corrected chi connectivity index (χ2v) is 11.1. The number of carbonyl (C=O) groups excluding carboxylic acids is 3. The summed E-state index contributed by atoms with van der Waals surface area (Å²) in [5.41, 5.74) is -0.146. The Balaban J connectivity index is 1.61. The number of hydrogen-bond donors (Lipinski definition) is 3. The molecule has 2 saturated carbocycles. The largest absolute Gasteiger partial charge is 0.463 e. The first kappa shape index (κ1) is 29.6. The zero-order chi connectivity index (χ0) is 27.4. The van der Waals surface area contributed by atoms with Gasteiger partial charge in [-0.15, -0.1) is 13.2 Å². The van der Waals surface area contributed by atoms with Crippen molar-refractivity contribution in [2.45, 2.75) is 88.1 Å². The molecule has 2 aliphatic carbocycles. The minimum absolute atomic E-state index is 0.0218. The molecule has 7 nitrogen and oxygen atoms in total. The molecule has 2 atom stereocenters. The van der Waals surface area contributed by atoms with Crippen molar-refractivity contribution in [2.24, 2.45) is 11.8 Å². The quantitative estimate of drug-likeness (QED) is 0.233. The van der Waals surface area contributed by atoms with Crippen LogP contribution in [0.4, 0.5) is 0 Å². The van der Waals surface area contributed by atoms with Crippen LogP contribution in [-0.4, -0.2) is 47.2 Å². The van der Waals surface area contributed by atoms with E-state index < -0.39 is 17.0 Å². The van der Waals surface area contributed by atoms with E-state index in [-0.39, 0.29) is 43.3 Å². The Morgan fingerprint density at radius 3 is 2.05 bits per heavy atom. The van der Waals surface area contributed by atoms with Crippen LogP contribution in [0.2, 0.25) is 0 Å². The highest BCUT2D eigenvalue weighted by Gasteiger charge is 2.40. The van der Waals surface area contributed by atoms with Gasteiger partial charge < -0.3 is 20.5 Å². The molecule has 208 valence electrons. The van der Waals surface area contributed by atoms with Gasteiger partial charge >= 0.3 is 5.97 Å². The second kappa shape index (κ2) is 14.3. The predicted molar refractivity (Wildman–Crippen MR) is 148 cm³/mol.